The van der Waals surface area contributed by atoms with E-state index < -0.39 is 5.60 Å². The number of nitriles is 1. The van der Waals surface area contributed by atoms with Gasteiger partial charge in [0, 0.05) is 43.8 Å². The molecule has 0 bridgehead atoms. The molecule has 11 heteroatoms. The Labute approximate surface area is 218 Å². The number of carbonyl (C=O) groups is 1. The number of nitrogens with zero attached hydrogens (tertiary/aromatic N) is 6. The van der Waals surface area contributed by atoms with Crippen molar-refractivity contribution in [3.8, 4) is 16.6 Å². The predicted octanol–water partition coefficient (Wildman–Crippen LogP) is 5.25. The Bertz CT molecular complexity index is 1500. The second-order valence-electron chi connectivity index (χ2n) is 10.3. The molecule has 1 aliphatic heterocycles. The molecule has 10 nitrogen and oxygen atoms in total. The van der Waals surface area contributed by atoms with Crippen LogP contribution in [0.3, 0.4) is 0 Å². The van der Waals surface area contributed by atoms with Crippen LogP contribution in [0.4, 0.5) is 15.6 Å². The monoisotopic (exact) mass is 519 g/mol. The SMILES string of the molecule is CC(C)Nc1c(-c2nnc(N3CCN(C(=O)OC(C)(C)C)CC3)s2)cnc2c1oc1cc(C#N)ccc12. The van der Waals surface area contributed by atoms with Crippen molar-refractivity contribution in [1.82, 2.24) is 20.1 Å². The first-order valence-corrected chi connectivity index (χ1v) is 13.0. The zero-order valence-corrected chi connectivity index (χ0v) is 22.3. The summed E-state index contributed by atoms with van der Waals surface area (Å²) in [5.41, 5.74) is 3.59. The summed E-state index contributed by atoms with van der Waals surface area (Å²) in [6.45, 7) is 12.1. The van der Waals surface area contributed by atoms with Gasteiger partial charge in [0.2, 0.25) is 5.13 Å². The molecule has 5 rings (SSSR count). The lowest BCUT2D eigenvalue weighted by Crippen LogP contribution is -2.50. The van der Waals surface area contributed by atoms with Gasteiger partial charge in [0.25, 0.3) is 0 Å². The average Bonchev–Trinajstić information content (AvgIpc) is 3.48. The van der Waals surface area contributed by atoms with Crippen molar-refractivity contribution in [2.45, 2.75) is 46.3 Å². The first-order valence-electron chi connectivity index (χ1n) is 12.2. The van der Waals surface area contributed by atoms with Gasteiger partial charge in [0.15, 0.2) is 10.6 Å². The third-order valence-electron chi connectivity index (χ3n) is 5.89. The number of benzene rings is 1. The van der Waals surface area contributed by atoms with Crippen LogP contribution >= 0.6 is 11.3 Å². The summed E-state index contributed by atoms with van der Waals surface area (Å²) in [6, 6.07) is 7.66. The number of carbonyl (C=O) groups excluding carboxylic acids is 1. The normalized spacial score (nSPS) is 14.4. The second-order valence-corrected chi connectivity index (χ2v) is 11.2. The highest BCUT2D eigenvalue weighted by Crippen LogP contribution is 2.40. The molecular weight excluding hydrogens is 490 g/mol. The summed E-state index contributed by atoms with van der Waals surface area (Å²) in [7, 11) is 0. The summed E-state index contributed by atoms with van der Waals surface area (Å²) >= 11 is 1.48. The minimum atomic E-state index is -0.517. The molecule has 1 amide bonds. The van der Waals surface area contributed by atoms with Crippen molar-refractivity contribution in [3.63, 3.8) is 0 Å². The van der Waals surface area contributed by atoms with E-state index in [4.69, 9.17) is 14.1 Å². The fourth-order valence-corrected chi connectivity index (χ4v) is 5.13. The van der Waals surface area contributed by atoms with Gasteiger partial charge in [0.05, 0.1) is 22.9 Å². The fourth-order valence-electron chi connectivity index (χ4n) is 4.22. The second kappa shape index (κ2) is 9.52. The van der Waals surface area contributed by atoms with Gasteiger partial charge in [-0.05, 0) is 52.8 Å². The molecule has 0 radical (unpaired) electrons. The molecule has 1 aromatic carbocycles. The maximum absolute atomic E-state index is 12.4. The zero-order chi connectivity index (χ0) is 26.3. The van der Waals surface area contributed by atoms with Crippen LogP contribution in [-0.2, 0) is 4.74 Å². The summed E-state index contributed by atoms with van der Waals surface area (Å²) < 4.78 is 11.7. The minimum absolute atomic E-state index is 0.139. The summed E-state index contributed by atoms with van der Waals surface area (Å²) in [5, 5.41) is 24.1. The van der Waals surface area contributed by atoms with Crippen molar-refractivity contribution in [1.29, 1.82) is 5.26 Å². The van der Waals surface area contributed by atoms with E-state index in [-0.39, 0.29) is 12.1 Å². The van der Waals surface area contributed by atoms with Crippen LogP contribution in [0.25, 0.3) is 32.6 Å². The Morgan fingerprint density at radius 1 is 1.22 bits per heavy atom. The van der Waals surface area contributed by atoms with Gasteiger partial charge in [-0.15, -0.1) is 10.2 Å². The van der Waals surface area contributed by atoms with Crippen LogP contribution in [0.5, 0.6) is 0 Å². The van der Waals surface area contributed by atoms with Crippen LogP contribution in [0.15, 0.2) is 28.8 Å². The van der Waals surface area contributed by atoms with E-state index in [2.05, 4.69) is 40.3 Å². The van der Waals surface area contributed by atoms with Crippen LogP contribution < -0.4 is 10.2 Å². The van der Waals surface area contributed by atoms with Crippen LogP contribution in [-0.4, -0.2) is 64.0 Å². The number of aromatic nitrogens is 3. The number of pyridine rings is 1. The number of anilines is 2. The fraction of sp³-hybridized carbons (Fsp3) is 0.423. The van der Waals surface area contributed by atoms with E-state index in [1.807, 2.05) is 26.8 Å². The van der Waals surface area contributed by atoms with Crippen molar-refractivity contribution in [3.05, 3.63) is 30.0 Å². The van der Waals surface area contributed by atoms with Gasteiger partial charge in [-0.25, -0.2) is 4.79 Å². The van der Waals surface area contributed by atoms with Crippen molar-refractivity contribution in [2.24, 2.45) is 0 Å². The van der Waals surface area contributed by atoms with Crippen molar-refractivity contribution >= 4 is 50.3 Å². The molecule has 0 spiro atoms. The third-order valence-corrected chi connectivity index (χ3v) is 6.91. The van der Waals surface area contributed by atoms with E-state index in [1.165, 1.54) is 11.3 Å². The van der Waals surface area contributed by atoms with Gasteiger partial charge in [0.1, 0.15) is 16.7 Å². The highest BCUT2D eigenvalue weighted by Gasteiger charge is 2.28. The quantitative estimate of drug-likeness (QED) is 0.385. The van der Waals surface area contributed by atoms with E-state index in [0.29, 0.717) is 42.9 Å². The highest BCUT2D eigenvalue weighted by atomic mass is 32.1. The zero-order valence-electron chi connectivity index (χ0n) is 21.5. The summed E-state index contributed by atoms with van der Waals surface area (Å²) in [5.74, 6) is 0. The smallest absolute Gasteiger partial charge is 0.410 e. The van der Waals surface area contributed by atoms with Crippen LogP contribution in [0.2, 0.25) is 0 Å². The summed E-state index contributed by atoms with van der Waals surface area (Å²) in [6.07, 6.45) is 1.51. The maximum Gasteiger partial charge on any atom is 0.410 e. The third kappa shape index (κ3) is 5.02. The lowest BCUT2D eigenvalue weighted by Gasteiger charge is -2.35. The van der Waals surface area contributed by atoms with E-state index >= 15 is 0 Å². The van der Waals surface area contributed by atoms with E-state index in [9.17, 15) is 10.1 Å². The number of nitrogens with one attached hydrogen (secondary N) is 1. The van der Waals surface area contributed by atoms with Gasteiger partial charge in [-0.1, -0.05) is 11.3 Å². The molecule has 1 fully saturated rings. The number of furan rings is 1. The van der Waals surface area contributed by atoms with Gasteiger partial charge < -0.3 is 24.3 Å². The molecule has 192 valence electrons. The molecule has 1 saturated heterocycles. The summed E-state index contributed by atoms with van der Waals surface area (Å²) in [4.78, 5) is 21.0. The molecule has 0 aliphatic carbocycles. The topological polar surface area (TPSA) is 120 Å². The molecule has 0 saturated carbocycles. The largest absolute Gasteiger partial charge is 0.452 e. The number of fused-ring (bicyclic) bond motifs is 3. The molecular formula is C26H29N7O3S. The average molecular weight is 520 g/mol. The van der Waals surface area contributed by atoms with Gasteiger partial charge >= 0.3 is 6.09 Å². The number of piperazine rings is 1. The number of hydrogen-bond acceptors (Lipinski definition) is 10. The first kappa shape index (κ1) is 24.8. The Morgan fingerprint density at radius 2 is 1.97 bits per heavy atom. The Morgan fingerprint density at radius 3 is 2.65 bits per heavy atom. The molecule has 0 atom stereocenters. The molecule has 3 aromatic heterocycles. The van der Waals surface area contributed by atoms with Crippen LogP contribution in [0, 0.1) is 11.3 Å². The number of hydrogen-bond donors (Lipinski definition) is 1. The highest BCUT2D eigenvalue weighted by molar-refractivity contribution is 7.18. The van der Waals surface area contributed by atoms with E-state index in [1.54, 1.807) is 23.2 Å². The Kier molecular flexibility index (Phi) is 6.37. The predicted molar refractivity (Wildman–Crippen MR) is 144 cm³/mol. The molecule has 1 N–H and O–H groups in total. The molecule has 4 aromatic rings. The van der Waals surface area contributed by atoms with Crippen molar-refractivity contribution in [2.75, 3.05) is 36.4 Å². The lowest BCUT2D eigenvalue weighted by molar-refractivity contribution is 0.0240. The van der Waals surface area contributed by atoms with Crippen LogP contribution in [0.1, 0.15) is 40.2 Å². The van der Waals surface area contributed by atoms with Gasteiger partial charge in [-0.2, -0.15) is 5.26 Å². The molecule has 4 heterocycles. The lowest BCUT2D eigenvalue weighted by atomic mass is 10.1. The number of rotatable bonds is 4. The van der Waals surface area contributed by atoms with Crippen molar-refractivity contribution < 1.29 is 13.9 Å². The van der Waals surface area contributed by atoms with Gasteiger partial charge in [-0.3, -0.25) is 4.98 Å². The maximum atomic E-state index is 12.4. The number of ether oxygens (including phenoxy) is 1. The number of amides is 1. The first-order chi connectivity index (χ1) is 17.6. The molecule has 1 aliphatic rings. The van der Waals surface area contributed by atoms with E-state index in [0.717, 1.165) is 32.3 Å². The standard InChI is InChI=1S/C26H29N7O3S/c1-15(2)29-21-18(14-28-20-17-7-6-16(13-27)12-19(17)35-22(20)21)23-30-31-24(37-23)32-8-10-33(11-9-32)25(34)36-26(3,4)5/h6-7,12,14-15H,8-11H2,1-5H3,(H,28,29). The minimum Gasteiger partial charge on any atom is -0.452 e. The Hall–Kier alpha value is -3.91. The Balaban J connectivity index is 1.43. The molecule has 0 unspecified atom stereocenters. The molecule has 37 heavy (non-hydrogen) atoms.